The van der Waals surface area contributed by atoms with Crippen molar-refractivity contribution < 1.29 is 9.59 Å². The number of hydrogen-bond donors (Lipinski definition) is 2. The van der Waals surface area contributed by atoms with Gasteiger partial charge in [0.05, 0.1) is 0 Å². The van der Waals surface area contributed by atoms with Crippen LogP contribution in [0.4, 0.5) is 10.5 Å². The number of urea groups is 1. The molecule has 2 aliphatic carbocycles. The Labute approximate surface area is 171 Å². The van der Waals surface area contributed by atoms with E-state index in [1.165, 1.54) is 28.3 Å². The molecule has 2 N–H and O–H groups in total. The van der Waals surface area contributed by atoms with E-state index in [0.717, 1.165) is 62.4 Å². The van der Waals surface area contributed by atoms with Crippen LogP contribution in [0, 0.1) is 0 Å². The maximum absolute atomic E-state index is 12.6. The fraction of sp³-hybridized carbons (Fsp3) is 0.455. The Balaban J connectivity index is 1.66. The van der Waals surface area contributed by atoms with Gasteiger partial charge in [-0.1, -0.05) is 6.07 Å². The molecule has 28 heavy (non-hydrogen) atoms. The molecule has 1 aromatic carbocycles. The van der Waals surface area contributed by atoms with Crippen molar-refractivity contribution in [2.24, 2.45) is 0 Å². The second-order valence-electron chi connectivity index (χ2n) is 7.67. The zero-order valence-electron chi connectivity index (χ0n) is 16.9. The number of carbonyl (C=O) groups is 2. The summed E-state index contributed by atoms with van der Waals surface area (Å²) in [5.41, 5.74) is 6.43. The van der Waals surface area contributed by atoms with E-state index in [-0.39, 0.29) is 6.03 Å². The number of nitrogens with zero attached hydrogens (tertiary/aromatic N) is 1. The van der Waals surface area contributed by atoms with E-state index in [1.54, 1.807) is 0 Å². The van der Waals surface area contributed by atoms with Gasteiger partial charge in [0.2, 0.25) is 0 Å². The molecule has 0 fully saturated rings. The number of allylic oxidation sites excluding steroid dienone is 2. The number of amides is 2. The molecular formula is C22H29N3O2S. The molecule has 5 nitrogen and oxygen atoms in total. The molecule has 150 valence electrons. The van der Waals surface area contributed by atoms with E-state index in [9.17, 15) is 9.59 Å². The van der Waals surface area contributed by atoms with Gasteiger partial charge in [-0.3, -0.25) is 9.52 Å². The molecule has 0 atom stereocenters. The molecule has 2 amide bonds. The summed E-state index contributed by atoms with van der Waals surface area (Å²) in [5.74, 6) is 0. The van der Waals surface area contributed by atoms with Crippen LogP contribution in [0.3, 0.4) is 0 Å². The van der Waals surface area contributed by atoms with E-state index in [0.29, 0.717) is 10.9 Å². The highest BCUT2D eigenvalue weighted by Crippen LogP contribution is 2.38. The monoisotopic (exact) mass is 399 g/mol. The summed E-state index contributed by atoms with van der Waals surface area (Å²) in [6, 6.07) is 2.46. The zero-order valence-corrected chi connectivity index (χ0v) is 17.7. The first-order valence-corrected chi connectivity index (χ1v) is 10.8. The van der Waals surface area contributed by atoms with Crippen molar-refractivity contribution >= 4 is 30.0 Å². The van der Waals surface area contributed by atoms with E-state index in [1.807, 2.05) is 24.2 Å². The normalized spacial score (nSPS) is 15.6. The lowest BCUT2D eigenvalue weighted by atomic mass is 9.99. The molecular weight excluding hydrogens is 370 g/mol. The summed E-state index contributed by atoms with van der Waals surface area (Å²) in [6.07, 6.45) is 12.5. The number of aldehydes is 1. The van der Waals surface area contributed by atoms with Crippen molar-refractivity contribution in [3.05, 3.63) is 51.6 Å². The number of carbonyl (C=O) groups excluding carboxylic acids is 2. The third kappa shape index (κ3) is 4.79. The van der Waals surface area contributed by atoms with Crippen molar-refractivity contribution in [3.8, 4) is 0 Å². The predicted octanol–water partition coefficient (Wildman–Crippen LogP) is 4.37. The Hall–Kier alpha value is -2.21. The van der Waals surface area contributed by atoms with Crippen molar-refractivity contribution in [1.82, 2.24) is 9.62 Å². The summed E-state index contributed by atoms with van der Waals surface area (Å²) in [7, 11) is 1.97. The van der Waals surface area contributed by atoms with Crippen molar-refractivity contribution in [2.45, 2.75) is 58.4 Å². The van der Waals surface area contributed by atoms with Crippen molar-refractivity contribution in [1.29, 1.82) is 0 Å². The molecule has 0 aliphatic heterocycles. The van der Waals surface area contributed by atoms with Crippen LogP contribution >= 0.6 is 11.9 Å². The smallest absolute Gasteiger partial charge is 0.329 e. The molecule has 2 aliphatic rings. The third-order valence-corrected chi connectivity index (χ3v) is 6.29. The number of fused-ring (bicyclic) bond motifs is 2. The Morgan fingerprint density at radius 3 is 2.36 bits per heavy atom. The Bertz CT molecular complexity index is 782. The van der Waals surface area contributed by atoms with Gasteiger partial charge in [0.25, 0.3) is 0 Å². The second kappa shape index (κ2) is 9.32. The fourth-order valence-electron chi connectivity index (χ4n) is 3.77. The van der Waals surface area contributed by atoms with Gasteiger partial charge in [0.15, 0.2) is 0 Å². The first-order chi connectivity index (χ1) is 13.5. The van der Waals surface area contributed by atoms with Gasteiger partial charge in [0, 0.05) is 29.9 Å². The van der Waals surface area contributed by atoms with Crippen LogP contribution in [0.1, 0.15) is 48.9 Å². The number of hydrogen-bond acceptors (Lipinski definition) is 4. The molecule has 0 spiro atoms. The number of aryl methyl sites for hydroxylation is 2. The zero-order chi connectivity index (χ0) is 20.1. The number of anilines is 1. The average molecular weight is 400 g/mol. The van der Waals surface area contributed by atoms with Crippen molar-refractivity contribution in [3.63, 3.8) is 0 Å². The van der Waals surface area contributed by atoms with Gasteiger partial charge in [-0.2, -0.15) is 0 Å². The van der Waals surface area contributed by atoms with Gasteiger partial charge in [-0.05, 0) is 98.7 Å². The Morgan fingerprint density at radius 1 is 1.14 bits per heavy atom. The number of nitrogens with one attached hydrogen (secondary N) is 2. The van der Waals surface area contributed by atoms with Gasteiger partial charge in [0.1, 0.15) is 6.29 Å². The maximum Gasteiger partial charge on any atom is 0.329 e. The minimum absolute atomic E-state index is 0.248. The molecule has 0 bridgehead atoms. The first-order valence-electron chi connectivity index (χ1n) is 9.95. The van der Waals surface area contributed by atoms with Crippen LogP contribution in [0.5, 0.6) is 0 Å². The van der Waals surface area contributed by atoms with E-state index >= 15 is 0 Å². The SMILES string of the molecule is CC(C)N(C)/C=C\C(=C/C=O)SNC(=O)Nc1c2c(cc3c1CCC3)CCC2. The minimum atomic E-state index is -0.248. The molecule has 0 saturated carbocycles. The van der Waals surface area contributed by atoms with Crippen LogP contribution in [0.15, 0.2) is 29.3 Å². The van der Waals surface area contributed by atoms with Gasteiger partial charge < -0.3 is 10.2 Å². The highest BCUT2D eigenvalue weighted by atomic mass is 32.2. The summed E-state index contributed by atoms with van der Waals surface area (Å²) in [6.45, 7) is 4.17. The lowest BCUT2D eigenvalue weighted by Gasteiger charge is -2.18. The first kappa shape index (κ1) is 20.5. The van der Waals surface area contributed by atoms with Crippen LogP contribution in [0.2, 0.25) is 0 Å². The average Bonchev–Trinajstić information content (AvgIpc) is 3.32. The highest BCUT2D eigenvalue weighted by molar-refractivity contribution is 8.02. The maximum atomic E-state index is 12.6. The Kier molecular flexibility index (Phi) is 6.83. The van der Waals surface area contributed by atoms with E-state index in [4.69, 9.17) is 0 Å². The van der Waals surface area contributed by atoms with Gasteiger partial charge >= 0.3 is 6.03 Å². The largest absolute Gasteiger partial charge is 0.378 e. The quantitative estimate of drug-likeness (QED) is 0.309. The highest BCUT2D eigenvalue weighted by Gasteiger charge is 2.24. The molecule has 0 unspecified atom stereocenters. The summed E-state index contributed by atoms with van der Waals surface area (Å²) < 4.78 is 2.82. The summed E-state index contributed by atoms with van der Waals surface area (Å²) >= 11 is 1.15. The molecule has 0 aromatic heterocycles. The fourth-order valence-corrected chi connectivity index (χ4v) is 4.28. The van der Waals surface area contributed by atoms with Gasteiger partial charge in [-0.15, -0.1) is 0 Å². The van der Waals surface area contributed by atoms with Crippen LogP contribution in [-0.2, 0) is 30.5 Å². The number of rotatable bonds is 7. The van der Waals surface area contributed by atoms with Crippen LogP contribution < -0.4 is 10.0 Å². The van der Waals surface area contributed by atoms with Gasteiger partial charge in [-0.25, -0.2) is 4.79 Å². The topological polar surface area (TPSA) is 61.4 Å². The van der Waals surface area contributed by atoms with Crippen LogP contribution in [0.25, 0.3) is 0 Å². The lowest BCUT2D eigenvalue weighted by molar-refractivity contribution is -0.104. The van der Waals surface area contributed by atoms with E-state index in [2.05, 4.69) is 30.0 Å². The molecule has 0 heterocycles. The third-order valence-electron chi connectivity index (χ3n) is 5.49. The van der Waals surface area contributed by atoms with E-state index < -0.39 is 0 Å². The molecule has 6 heteroatoms. The number of benzene rings is 1. The molecule has 3 rings (SSSR count). The lowest BCUT2D eigenvalue weighted by Crippen LogP contribution is -2.24. The van der Waals surface area contributed by atoms with Crippen LogP contribution in [-0.4, -0.2) is 30.3 Å². The summed E-state index contributed by atoms with van der Waals surface area (Å²) in [5, 5.41) is 3.10. The second-order valence-corrected chi connectivity index (χ2v) is 8.55. The molecule has 0 radical (unpaired) electrons. The Morgan fingerprint density at radius 2 is 1.79 bits per heavy atom. The molecule has 1 aromatic rings. The predicted molar refractivity (Wildman–Crippen MR) is 116 cm³/mol. The molecule has 0 saturated heterocycles. The van der Waals surface area contributed by atoms with Crippen molar-refractivity contribution in [2.75, 3.05) is 12.4 Å². The minimum Gasteiger partial charge on any atom is -0.378 e. The standard InChI is InChI=1S/C22H29N3O2S/c1-15(2)25(3)12-10-18(11-13-26)28-24-22(27)23-21-19-8-4-6-16(19)14-17-7-5-9-20(17)21/h10-15H,4-9H2,1-3H3,(H2,23,24,27)/b12-10-,18-11+. The summed E-state index contributed by atoms with van der Waals surface area (Å²) in [4.78, 5) is 26.2.